The molecule has 0 atom stereocenters. The quantitative estimate of drug-likeness (QED) is 0.840. The lowest BCUT2D eigenvalue weighted by Crippen LogP contribution is -2.30. The number of alkyl halides is 1. The average Bonchev–Trinajstić information content (AvgIpc) is 2.26. The largest absolute Gasteiger partial charge is 0.240 e. The number of aryl methyl sites for hydroxylation is 1. The number of halogens is 1. The van der Waals surface area contributed by atoms with Crippen molar-refractivity contribution in [3.8, 4) is 0 Å². The Bertz CT molecular complexity index is 483. The van der Waals surface area contributed by atoms with Gasteiger partial charge in [-0.1, -0.05) is 13.0 Å². The third kappa shape index (κ3) is 3.69. The van der Waals surface area contributed by atoms with Crippen LogP contribution in [0.4, 0.5) is 0 Å². The highest BCUT2D eigenvalue weighted by molar-refractivity contribution is 7.89. The second kappa shape index (κ2) is 5.85. The number of hydrogen-bond acceptors (Lipinski definition) is 2. The van der Waals surface area contributed by atoms with Crippen LogP contribution in [0.2, 0.25) is 0 Å². The molecule has 1 N–H and O–H groups in total. The Morgan fingerprint density at radius 3 is 2.41 bits per heavy atom. The van der Waals surface area contributed by atoms with E-state index in [1.54, 1.807) is 26.0 Å². The number of sulfonamides is 1. The molecule has 17 heavy (non-hydrogen) atoms. The van der Waals surface area contributed by atoms with Crippen LogP contribution in [0.3, 0.4) is 0 Å². The summed E-state index contributed by atoms with van der Waals surface area (Å²) in [5.41, 5.74) is 1.96. The van der Waals surface area contributed by atoms with Crippen LogP contribution in [0.25, 0.3) is 0 Å². The molecule has 0 bridgehead atoms. The van der Waals surface area contributed by atoms with E-state index in [9.17, 15) is 8.42 Å². The zero-order valence-electron chi connectivity index (χ0n) is 10.3. The Hall–Kier alpha value is -0.580. The van der Waals surface area contributed by atoms with Gasteiger partial charge >= 0.3 is 0 Å². The van der Waals surface area contributed by atoms with Crippen molar-refractivity contribution < 1.29 is 8.42 Å². The van der Waals surface area contributed by atoms with Crippen molar-refractivity contribution in [3.05, 3.63) is 29.3 Å². The Morgan fingerprint density at radius 2 is 1.94 bits per heavy atom. The first-order valence-corrected chi connectivity index (χ1v) is 7.62. The molecule has 0 saturated carbocycles. The molecule has 0 aliphatic heterocycles. The SMILES string of the molecule is CCc1ccc(S(=O)(=O)NC(C)C)cc1CCl. The van der Waals surface area contributed by atoms with Crippen LogP contribution in [0, 0.1) is 0 Å². The molecular weight excluding hydrogens is 258 g/mol. The molecule has 0 saturated heterocycles. The van der Waals surface area contributed by atoms with Crippen molar-refractivity contribution in [2.24, 2.45) is 0 Å². The van der Waals surface area contributed by atoms with Crippen LogP contribution in [-0.4, -0.2) is 14.5 Å². The van der Waals surface area contributed by atoms with Gasteiger partial charge in [-0.05, 0) is 43.5 Å². The Morgan fingerprint density at radius 1 is 1.29 bits per heavy atom. The normalized spacial score (nSPS) is 12.1. The van der Waals surface area contributed by atoms with E-state index >= 15 is 0 Å². The smallest absolute Gasteiger partial charge is 0.209 e. The predicted octanol–water partition coefficient (Wildman–Crippen LogP) is 2.67. The number of rotatable bonds is 5. The van der Waals surface area contributed by atoms with Gasteiger partial charge in [0, 0.05) is 11.9 Å². The molecule has 1 aromatic rings. The molecule has 0 spiro atoms. The summed E-state index contributed by atoms with van der Waals surface area (Å²) in [4.78, 5) is 0.277. The second-order valence-corrected chi connectivity index (χ2v) is 6.17. The molecule has 96 valence electrons. The summed E-state index contributed by atoms with van der Waals surface area (Å²) in [7, 11) is -3.43. The predicted molar refractivity (Wildman–Crippen MR) is 70.8 cm³/mol. The summed E-state index contributed by atoms with van der Waals surface area (Å²) in [5.74, 6) is 0.328. The standard InChI is InChI=1S/C12H18ClNO2S/c1-4-10-5-6-12(7-11(10)8-13)17(15,16)14-9(2)3/h5-7,9,14H,4,8H2,1-3H3. The molecule has 0 radical (unpaired) electrons. The zero-order chi connectivity index (χ0) is 13.1. The summed E-state index contributed by atoms with van der Waals surface area (Å²) in [6.45, 7) is 5.60. The molecule has 0 heterocycles. The Balaban J connectivity index is 3.16. The van der Waals surface area contributed by atoms with Gasteiger partial charge in [0.15, 0.2) is 0 Å². The first-order valence-electron chi connectivity index (χ1n) is 5.60. The van der Waals surface area contributed by atoms with Crippen LogP contribution in [-0.2, 0) is 22.3 Å². The van der Waals surface area contributed by atoms with Crippen LogP contribution >= 0.6 is 11.6 Å². The minimum absolute atomic E-state index is 0.120. The van der Waals surface area contributed by atoms with E-state index in [-0.39, 0.29) is 10.9 Å². The maximum atomic E-state index is 12.0. The highest BCUT2D eigenvalue weighted by Crippen LogP contribution is 2.18. The van der Waals surface area contributed by atoms with Gasteiger partial charge in [0.1, 0.15) is 0 Å². The van der Waals surface area contributed by atoms with Crippen molar-refractivity contribution in [3.63, 3.8) is 0 Å². The molecule has 5 heteroatoms. The molecule has 0 aliphatic rings. The summed E-state index contributed by atoms with van der Waals surface area (Å²) < 4.78 is 26.5. The van der Waals surface area contributed by atoms with E-state index in [4.69, 9.17) is 11.6 Å². The van der Waals surface area contributed by atoms with Crippen molar-refractivity contribution in [1.82, 2.24) is 4.72 Å². The van der Waals surface area contributed by atoms with Crippen LogP contribution in [0.1, 0.15) is 31.9 Å². The average molecular weight is 276 g/mol. The maximum absolute atomic E-state index is 12.0. The maximum Gasteiger partial charge on any atom is 0.240 e. The Labute approximate surface area is 108 Å². The molecule has 1 aromatic carbocycles. The molecular formula is C12H18ClNO2S. The lowest BCUT2D eigenvalue weighted by molar-refractivity contribution is 0.569. The van der Waals surface area contributed by atoms with Gasteiger partial charge < -0.3 is 0 Å². The molecule has 3 nitrogen and oxygen atoms in total. The van der Waals surface area contributed by atoms with Crippen molar-refractivity contribution in [2.45, 2.75) is 44.0 Å². The van der Waals surface area contributed by atoms with Gasteiger partial charge in [0.25, 0.3) is 0 Å². The van der Waals surface area contributed by atoms with E-state index in [1.807, 2.05) is 13.0 Å². The van der Waals surface area contributed by atoms with E-state index in [0.717, 1.165) is 17.5 Å². The molecule has 0 fully saturated rings. The zero-order valence-corrected chi connectivity index (χ0v) is 11.9. The van der Waals surface area contributed by atoms with Gasteiger partial charge in [-0.3, -0.25) is 0 Å². The van der Waals surface area contributed by atoms with Gasteiger partial charge in [-0.2, -0.15) is 0 Å². The minimum atomic E-state index is -3.43. The summed E-state index contributed by atoms with van der Waals surface area (Å²) in [5, 5.41) is 0. The van der Waals surface area contributed by atoms with Crippen molar-refractivity contribution in [2.75, 3.05) is 0 Å². The fourth-order valence-electron chi connectivity index (χ4n) is 1.62. The first kappa shape index (κ1) is 14.5. The summed E-state index contributed by atoms with van der Waals surface area (Å²) in [6.07, 6.45) is 0.847. The lowest BCUT2D eigenvalue weighted by atomic mass is 10.1. The van der Waals surface area contributed by atoms with Gasteiger partial charge in [-0.15, -0.1) is 11.6 Å². The molecule has 1 rings (SSSR count). The van der Waals surface area contributed by atoms with E-state index in [1.165, 1.54) is 0 Å². The molecule has 0 amide bonds. The highest BCUT2D eigenvalue weighted by atomic mass is 35.5. The van der Waals surface area contributed by atoms with Crippen molar-refractivity contribution in [1.29, 1.82) is 0 Å². The van der Waals surface area contributed by atoms with Crippen molar-refractivity contribution >= 4 is 21.6 Å². The minimum Gasteiger partial charge on any atom is -0.209 e. The van der Waals surface area contributed by atoms with E-state index in [0.29, 0.717) is 5.88 Å². The van der Waals surface area contributed by atoms with Crippen LogP contribution in [0.5, 0.6) is 0 Å². The monoisotopic (exact) mass is 275 g/mol. The Kier molecular flexibility index (Phi) is 4.98. The van der Waals surface area contributed by atoms with Crippen LogP contribution in [0.15, 0.2) is 23.1 Å². The fourth-order valence-corrected chi connectivity index (χ4v) is 3.17. The summed E-state index contributed by atoms with van der Waals surface area (Å²) in [6, 6.07) is 4.98. The number of benzene rings is 1. The molecule has 0 aliphatic carbocycles. The first-order chi connectivity index (χ1) is 7.90. The fraction of sp³-hybridized carbons (Fsp3) is 0.500. The van der Waals surface area contributed by atoms with Gasteiger partial charge in [0.2, 0.25) is 10.0 Å². The number of hydrogen-bond donors (Lipinski definition) is 1. The lowest BCUT2D eigenvalue weighted by Gasteiger charge is -2.12. The van der Waals surface area contributed by atoms with Crippen LogP contribution < -0.4 is 4.72 Å². The second-order valence-electron chi connectivity index (χ2n) is 4.19. The number of nitrogens with one attached hydrogen (secondary N) is 1. The third-order valence-electron chi connectivity index (χ3n) is 2.40. The van der Waals surface area contributed by atoms with E-state index < -0.39 is 10.0 Å². The topological polar surface area (TPSA) is 46.2 Å². The van der Waals surface area contributed by atoms with Gasteiger partial charge in [0.05, 0.1) is 4.90 Å². The van der Waals surface area contributed by atoms with Gasteiger partial charge in [-0.25, -0.2) is 13.1 Å². The highest BCUT2D eigenvalue weighted by Gasteiger charge is 2.16. The molecule has 0 aromatic heterocycles. The van der Waals surface area contributed by atoms with E-state index in [2.05, 4.69) is 4.72 Å². The summed E-state index contributed by atoms with van der Waals surface area (Å²) >= 11 is 5.82. The molecule has 0 unspecified atom stereocenters. The third-order valence-corrected chi connectivity index (χ3v) is 4.35.